The van der Waals surface area contributed by atoms with Crippen molar-refractivity contribution in [3.8, 4) is 5.75 Å². The summed E-state index contributed by atoms with van der Waals surface area (Å²) in [7, 11) is 1.70. The molecular weight excluding hydrogens is 370 g/mol. The highest BCUT2D eigenvalue weighted by molar-refractivity contribution is 6.30. The monoisotopic (exact) mass is 389 g/mol. The summed E-state index contributed by atoms with van der Waals surface area (Å²) >= 11 is 6.09. The highest BCUT2D eigenvalue weighted by Crippen LogP contribution is 2.41. The molecule has 5 heteroatoms. The van der Waals surface area contributed by atoms with E-state index >= 15 is 0 Å². The third-order valence-electron chi connectivity index (χ3n) is 5.42. The van der Waals surface area contributed by atoms with Gasteiger partial charge in [0.05, 0.1) is 30.2 Å². The average molecular weight is 390 g/mol. The molecule has 140 valence electrons. The molecule has 0 amide bonds. The van der Waals surface area contributed by atoms with E-state index in [0.29, 0.717) is 0 Å². The lowest BCUT2D eigenvalue weighted by atomic mass is 9.93. The normalized spacial score (nSPS) is 18.5. The first kappa shape index (κ1) is 17.1. The van der Waals surface area contributed by atoms with Gasteiger partial charge in [-0.3, -0.25) is 0 Å². The lowest BCUT2D eigenvalue weighted by Crippen LogP contribution is -2.27. The van der Waals surface area contributed by atoms with Crippen molar-refractivity contribution in [1.29, 1.82) is 0 Å². The van der Waals surface area contributed by atoms with Gasteiger partial charge in [0.25, 0.3) is 0 Å². The molecule has 0 bridgehead atoms. The Morgan fingerprint density at radius 2 is 1.82 bits per heavy atom. The smallest absolute Gasteiger partial charge is 0.204 e. The molecule has 0 saturated heterocycles. The van der Waals surface area contributed by atoms with Crippen LogP contribution in [0.3, 0.4) is 0 Å². The number of hydrogen-bond donors (Lipinski definition) is 1. The number of imidazole rings is 1. The average Bonchev–Trinajstić information content (AvgIpc) is 3.12. The summed E-state index contributed by atoms with van der Waals surface area (Å²) in [4.78, 5) is 4.86. The molecule has 3 aromatic carbocycles. The van der Waals surface area contributed by atoms with E-state index in [0.717, 1.165) is 34.2 Å². The SMILES string of the molecule is COc1cccc([C@H]2C[C@H](c3ccc(Cl)cc3)Nc3nc4ccccc4n32)c1. The fourth-order valence-electron chi connectivity index (χ4n) is 4.05. The quantitative estimate of drug-likeness (QED) is 0.478. The van der Waals surface area contributed by atoms with E-state index in [-0.39, 0.29) is 12.1 Å². The summed E-state index contributed by atoms with van der Waals surface area (Å²) in [6.45, 7) is 0. The van der Waals surface area contributed by atoms with E-state index in [1.165, 1.54) is 11.1 Å². The van der Waals surface area contributed by atoms with Crippen molar-refractivity contribution in [2.75, 3.05) is 12.4 Å². The molecule has 0 radical (unpaired) electrons. The Morgan fingerprint density at radius 1 is 1.00 bits per heavy atom. The number of rotatable bonds is 3. The van der Waals surface area contributed by atoms with E-state index < -0.39 is 0 Å². The molecule has 1 aliphatic heterocycles. The fourth-order valence-corrected chi connectivity index (χ4v) is 4.18. The summed E-state index contributed by atoms with van der Waals surface area (Å²) in [6.07, 6.45) is 0.905. The van der Waals surface area contributed by atoms with Crippen LogP contribution in [-0.4, -0.2) is 16.7 Å². The molecule has 5 rings (SSSR count). The van der Waals surface area contributed by atoms with Crippen molar-refractivity contribution >= 4 is 28.6 Å². The van der Waals surface area contributed by atoms with Crippen LogP contribution >= 0.6 is 11.6 Å². The van der Waals surface area contributed by atoms with Crippen LogP contribution in [0.5, 0.6) is 5.75 Å². The number of fused-ring (bicyclic) bond motifs is 3. The summed E-state index contributed by atoms with van der Waals surface area (Å²) in [5, 5.41) is 4.37. The molecule has 4 aromatic rings. The summed E-state index contributed by atoms with van der Waals surface area (Å²) < 4.78 is 7.77. The number of halogens is 1. The highest BCUT2D eigenvalue weighted by atomic mass is 35.5. The van der Waals surface area contributed by atoms with Gasteiger partial charge in [-0.1, -0.05) is 48.0 Å². The zero-order valence-electron chi connectivity index (χ0n) is 15.5. The maximum Gasteiger partial charge on any atom is 0.204 e. The minimum absolute atomic E-state index is 0.151. The number of aromatic nitrogens is 2. The van der Waals surface area contributed by atoms with Crippen LogP contribution in [0.1, 0.15) is 29.6 Å². The molecule has 1 aliphatic rings. The molecule has 1 N–H and O–H groups in total. The second-order valence-corrected chi connectivity index (χ2v) is 7.51. The van der Waals surface area contributed by atoms with E-state index in [1.54, 1.807) is 7.11 Å². The Bertz CT molecular complexity index is 1140. The molecule has 28 heavy (non-hydrogen) atoms. The van der Waals surface area contributed by atoms with Gasteiger partial charge < -0.3 is 14.6 Å². The van der Waals surface area contributed by atoms with Crippen LogP contribution in [0.2, 0.25) is 5.02 Å². The molecule has 0 spiro atoms. The molecule has 0 unspecified atom stereocenters. The number of nitrogens with zero attached hydrogens (tertiary/aromatic N) is 2. The molecule has 0 fully saturated rings. The maximum absolute atomic E-state index is 6.09. The minimum atomic E-state index is 0.151. The standard InChI is InChI=1S/C23H20ClN3O/c1-28-18-6-4-5-16(13-18)22-14-20(15-9-11-17(24)12-10-15)26-23-25-19-7-2-3-8-21(19)27(22)23/h2-13,20,22H,14H2,1H3,(H,25,26)/t20-,22-/m1/s1. The van der Waals surface area contributed by atoms with Crippen molar-refractivity contribution in [1.82, 2.24) is 9.55 Å². The Kier molecular flexibility index (Phi) is 4.21. The zero-order chi connectivity index (χ0) is 19.1. The van der Waals surface area contributed by atoms with Crippen molar-refractivity contribution < 1.29 is 4.74 Å². The minimum Gasteiger partial charge on any atom is -0.497 e. The van der Waals surface area contributed by atoms with Crippen molar-refractivity contribution in [3.05, 3.63) is 88.9 Å². The second kappa shape index (κ2) is 6.88. The number of methoxy groups -OCH3 is 1. The number of para-hydroxylation sites is 2. The van der Waals surface area contributed by atoms with Crippen LogP contribution in [0.25, 0.3) is 11.0 Å². The van der Waals surface area contributed by atoms with Gasteiger partial charge in [0.2, 0.25) is 5.95 Å². The van der Waals surface area contributed by atoms with Crippen LogP contribution in [-0.2, 0) is 0 Å². The van der Waals surface area contributed by atoms with Gasteiger partial charge in [0.15, 0.2) is 0 Å². The number of ether oxygens (including phenoxy) is 1. The maximum atomic E-state index is 6.09. The van der Waals surface area contributed by atoms with Gasteiger partial charge in [-0.25, -0.2) is 4.98 Å². The van der Waals surface area contributed by atoms with Crippen LogP contribution in [0, 0.1) is 0 Å². The fraction of sp³-hybridized carbons (Fsp3) is 0.174. The van der Waals surface area contributed by atoms with Gasteiger partial charge in [0, 0.05) is 5.02 Å². The third kappa shape index (κ3) is 2.90. The first-order chi connectivity index (χ1) is 13.7. The van der Waals surface area contributed by atoms with E-state index in [4.69, 9.17) is 21.3 Å². The summed E-state index contributed by atoms with van der Waals surface area (Å²) in [6, 6.07) is 24.9. The number of anilines is 1. The Labute approximate surface area is 168 Å². The molecular formula is C23H20ClN3O. The van der Waals surface area contributed by atoms with Gasteiger partial charge in [-0.2, -0.15) is 0 Å². The second-order valence-electron chi connectivity index (χ2n) is 7.07. The lowest BCUT2D eigenvalue weighted by Gasteiger charge is -2.33. The molecule has 1 aromatic heterocycles. The van der Waals surface area contributed by atoms with Crippen LogP contribution in [0.4, 0.5) is 5.95 Å². The predicted octanol–water partition coefficient (Wildman–Crippen LogP) is 5.84. The summed E-state index contributed by atoms with van der Waals surface area (Å²) in [5.41, 5.74) is 4.54. The van der Waals surface area contributed by atoms with Crippen LogP contribution in [0.15, 0.2) is 72.8 Å². The van der Waals surface area contributed by atoms with Crippen LogP contribution < -0.4 is 10.1 Å². The Morgan fingerprint density at radius 3 is 2.64 bits per heavy atom. The van der Waals surface area contributed by atoms with Crippen molar-refractivity contribution in [2.45, 2.75) is 18.5 Å². The van der Waals surface area contributed by atoms with Gasteiger partial charge in [0.1, 0.15) is 5.75 Å². The molecule has 0 saturated carbocycles. The van der Waals surface area contributed by atoms with E-state index in [1.807, 2.05) is 30.3 Å². The number of nitrogens with one attached hydrogen (secondary N) is 1. The summed E-state index contributed by atoms with van der Waals surface area (Å²) in [5.74, 6) is 1.75. The molecule has 0 aliphatic carbocycles. The lowest BCUT2D eigenvalue weighted by molar-refractivity contribution is 0.411. The first-order valence-electron chi connectivity index (χ1n) is 9.36. The van der Waals surface area contributed by atoms with Gasteiger partial charge in [-0.05, 0) is 53.9 Å². The largest absolute Gasteiger partial charge is 0.497 e. The van der Waals surface area contributed by atoms with Gasteiger partial charge >= 0.3 is 0 Å². The van der Waals surface area contributed by atoms with Crippen molar-refractivity contribution in [2.24, 2.45) is 0 Å². The molecule has 2 atom stereocenters. The predicted molar refractivity (Wildman–Crippen MR) is 113 cm³/mol. The van der Waals surface area contributed by atoms with Gasteiger partial charge in [-0.15, -0.1) is 0 Å². The van der Waals surface area contributed by atoms with E-state index in [9.17, 15) is 0 Å². The highest BCUT2D eigenvalue weighted by Gasteiger charge is 2.31. The molecule has 4 nitrogen and oxygen atoms in total. The van der Waals surface area contributed by atoms with E-state index in [2.05, 4.69) is 52.3 Å². The van der Waals surface area contributed by atoms with Crippen molar-refractivity contribution in [3.63, 3.8) is 0 Å². The molecule has 2 heterocycles. The topological polar surface area (TPSA) is 39.1 Å². The Balaban J connectivity index is 1.66. The number of hydrogen-bond acceptors (Lipinski definition) is 3. The third-order valence-corrected chi connectivity index (χ3v) is 5.67. The number of benzene rings is 3. The Hall–Kier alpha value is -2.98. The first-order valence-corrected chi connectivity index (χ1v) is 9.73. The zero-order valence-corrected chi connectivity index (χ0v) is 16.2.